The summed E-state index contributed by atoms with van der Waals surface area (Å²) in [4.78, 5) is 43.2. The lowest BCUT2D eigenvalue weighted by molar-refractivity contribution is -0.135. The number of imidazole rings is 1. The predicted octanol–water partition coefficient (Wildman–Crippen LogP) is 2.00. The Labute approximate surface area is 173 Å². The largest absolute Gasteiger partial charge is 0.341 e. The zero-order valence-electron chi connectivity index (χ0n) is 16.2. The highest BCUT2D eigenvalue weighted by atomic mass is 35.5. The smallest absolute Gasteiger partial charge is 0.325 e. The lowest BCUT2D eigenvalue weighted by Gasteiger charge is -2.22. The minimum Gasteiger partial charge on any atom is -0.341 e. The zero-order chi connectivity index (χ0) is 20.8. The van der Waals surface area contributed by atoms with E-state index in [4.69, 9.17) is 11.6 Å². The molecule has 0 unspecified atom stereocenters. The van der Waals surface area contributed by atoms with Gasteiger partial charge in [-0.15, -0.1) is 0 Å². The Morgan fingerprint density at radius 3 is 2.62 bits per heavy atom. The second-order valence-corrected chi connectivity index (χ2v) is 8.18. The maximum Gasteiger partial charge on any atom is 0.325 e. The fourth-order valence-electron chi connectivity index (χ4n) is 3.75. The number of benzene rings is 1. The second kappa shape index (κ2) is 7.18. The Morgan fingerprint density at radius 1 is 1.34 bits per heavy atom. The Morgan fingerprint density at radius 2 is 2.03 bits per heavy atom. The maximum absolute atomic E-state index is 12.8. The third-order valence-corrected chi connectivity index (χ3v) is 5.87. The van der Waals surface area contributed by atoms with Gasteiger partial charge < -0.3 is 15.2 Å². The number of hydrogen-bond donors (Lipinski definition) is 2. The van der Waals surface area contributed by atoms with Gasteiger partial charge in [-0.1, -0.05) is 23.7 Å². The van der Waals surface area contributed by atoms with Gasteiger partial charge in [-0.25, -0.2) is 9.78 Å². The first-order valence-electron chi connectivity index (χ1n) is 9.46. The van der Waals surface area contributed by atoms with Crippen molar-refractivity contribution in [3.63, 3.8) is 0 Å². The van der Waals surface area contributed by atoms with Crippen molar-refractivity contribution in [3.05, 3.63) is 53.1 Å². The average Bonchev–Trinajstić information content (AvgIpc) is 3.42. The third kappa shape index (κ3) is 3.60. The standard InChI is InChI=1S/C20H22ClN5O3/c1-20(13-5-6-13)18(28)26(19(29)24-20)11-15(27)23-16(17-22-9-10-25(17)2)12-3-7-14(21)8-4-12/h3-4,7-10,13,16H,5-6,11H2,1-2H3,(H,23,27)(H,24,29)/t16-,20-/m1/s1. The number of nitrogens with zero attached hydrogens (tertiary/aromatic N) is 3. The van der Waals surface area contributed by atoms with Crippen molar-refractivity contribution in [2.45, 2.75) is 31.3 Å². The van der Waals surface area contributed by atoms with Crippen LogP contribution in [0.15, 0.2) is 36.7 Å². The zero-order valence-corrected chi connectivity index (χ0v) is 16.9. The molecule has 9 heteroatoms. The van der Waals surface area contributed by atoms with E-state index in [1.807, 2.05) is 7.05 Å². The van der Waals surface area contributed by atoms with E-state index in [9.17, 15) is 14.4 Å². The van der Waals surface area contributed by atoms with E-state index in [1.165, 1.54) is 0 Å². The van der Waals surface area contributed by atoms with Crippen LogP contribution in [0.1, 0.15) is 37.2 Å². The quantitative estimate of drug-likeness (QED) is 0.705. The number of rotatable bonds is 6. The normalized spacial score (nSPS) is 22.5. The fourth-order valence-corrected chi connectivity index (χ4v) is 3.88. The van der Waals surface area contributed by atoms with Crippen LogP contribution in [0.25, 0.3) is 0 Å². The van der Waals surface area contributed by atoms with Crippen LogP contribution in [0.5, 0.6) is 0 Å². The lowest BCUT2D eigenvalue weighted by Crippen LogP contribution is -2.47. The van der Waals surface area contributed by atoms with Crippen molar-refractivity contribution in [2.24, 2.45) is 13.0 Å². The molecule has 4 rings (SSSR count). The molecule has 152 valence electrons. The van der Waals surface area contributed by atoms with E-state index < -0.39 is 23.5 Å². The molecule has 0 bridgehead atoms. The number of aryl methyl sites for hydroxylation is 1. The first-order chi connectivity index (χ1) is 13.8. The molecule has 2 heterocycles. The van der Waals surface area contributed by atoms with Crippen molar-refractivity contribution in [1.82, 2.24) is 25.1 Å². The minimum absolute atomic E-state index is 0.140. The maximum atomic E-state index is 12.8. The van der Waals surface area contributed by atoms with Gasteiger partial charge in [0, 0.05) is 24.5 Å². The summed E-state index contributed by atoms with van der Waals surface area (Å²) < 4.78 is 1.80. The number of urea groups is 1. The van der Waals surface area contributed by atoms with E-state index in [0.29, 0.717) is 10.8 Å². The highest BCUT2D eigenvalue weighted by Gasteiger charge is 2.56. The Balaban J connectivity index is 1.53. The molecule has 1 saturated carbocycles. The van der Waals surface area contributed by atoms with E-state index in [0.717, 1.165) is 23.3 Å². The molecule has 29 heavy (non-hydrogen) atoms. The number of imide groups is 1. The summed E-state index contributed by atoms with van der Waals surface area (Å²) in [5.41, 5.74) is -0.121. The topological polar surface area (TPSA) is 96.3 Å². The Hall–Kier alpha value is -2.87. The molecule has 1 aliphatic carbocycles. The van der Waals surface area contributed by atoms with Gasteiger partial charge in [-0.05, 0) is 43.4 Å². The summed E-state index contributed by atoms with van der Waals surface area (Å²) in [5.74, 6) is -0.0289. The number of amides is 4. The molecule has 0 radical (unpaired) electrons. The summed E-state index contributed by atoms with van der Waals surface area (Å²) in [6, 6.07) is 6.00. The first kappa shape index (κ1) is 19.4. The molecule has 2 aliphatic rings. The number of carbonyl (C=O) groups is 3. The van der Waals surface area contributed by atoms with E-state index >= 15 is 0 Å². The first-order valence-corrected chi connectivity index (χ1v) is 9.83. The third-order valence-electron chi connectivity index (χ3n) is 5.62. The molecular formula is C20H22ClN5O3. The van der Waals surface area contributed by atoms with Crippen LogP contribution in [0.4, 0.5) is 4.79 Å². The number of carbonyl (C=O) groups excluding carboxylic acids is 3. The Kier molecular flexibility index (Phi) is 4.82. The lowest BCUT2D eigenvalue weighted by atomic mass is 9.96. The molecular weight excluding hydrogens is 394 g/mol. The van der Waals surface area contributed by atoms with Gasteiger partial charge in [0.25, 0.3) is 5.91 Å². The van der Waals surface area contributed by atoms with Crippen LogP contribution >= 0.6 is 11.6 Å². The molecule has 2 atom stereocenters. The molecule has 1 saturated heterocycles. The summed E-state index contributed by atoms with van der Waals surface area (Å²) in [6.07, 6.45) is 5.23. The summed E-state index contributed by atoms with van der Waals surface area (Å²) in [5, 5.41) is 6.23. The fraction of sp³-hybridized carbons (Fsp3) is 0.400. The average molecular weight is 416 g/mol. The van der Waals surface area contributed by atoms with Crippen LogP contribution in [0.3, 0.4) is 0 Å². The summed E-state index contributed by atoms with van der Waals surface area (Å²) in [6.45, 7) is 1.38. The van der Waals surface area contributed by atoms with Gasteiger partial charge in [0.05, 0.1) is 0 Å². The van der Waals surface area contributed by atoms with Crippen LogP contribution < -0.4 is 10.6 Å². The van der Waals surface area contributed by atoms with Crippen molar-refractivity contribution in [3.8, 4) is 0 Å². The van der Waals surface area contributed by atoms with Gasteiger partial charge >= 0.3 is 6.03 Å². The summed E-state index contributed by atoms with van der Waals surface area (Å²) >= 11 is 5.98. The van der Waals surface area contributed by atoms with Crippen molar-refractivity contribution >= 4 is 29.4 Å². The van der Waals surface area contributed by atoms with Crippen molar-refractivity contribution in [1.29, 1.82) is 0 Å². The SMILES string of the molecule is Cn1ccnc1[C@H](NC(=O)CN1C(=O)N[C@](C)(C2CC2)C1=O)c1ccc(Cl)cc1. The molecule has 2 fully saturated rings. The van der Waals surface area contributed by atoms with Gasteiger partial charge in [-0.3, -0.25) is 14.5 Å². The van der Waals surface area contributed by atoms with E-state index in [1.54, 1.807) is 48.1 Å². The molecule has 2 N–H and O–H groups in total. The number of nitrogens with one attached hydrogen (secondary N) is 2. The van der Waals surface area contributed by atoms with Gasteiger partial charge in [0.15, 0.2) is 0 Å². The predicted molar refractivity (Wildman–Crippen MR) is 106 cm³/mol. The number of halogens is 1. The molecule has 4 amide bonds. The molecule has 1 aliphatic heterocycles. The van der Waals surface area contributed by atoms with E-state index in [2.05, 4.69) is 15.6 Å². The molecule has 8 nitrogen and oxygen atoms in total. The molecule has 1 aromatic carbocycles. The highest BCUT2D eigenvalue weighted by Crippen LogP contribution is 2.42. The van der Waals surface area contributed by atoms with Crippen LogP contribution in [-0.2, 0) is 16.6 Å². The van der Waals surface area contributed by atoms with Crippen molar-refractivity contribution in [2.75, 3.05) is 6.54 Å². The number of hydrogen-bond acceptors (Lipinski definition) is 4. The van der Waals surface area contributed by atoms with E-state index in [-0.39, 0.29) is 18.4 Å². The van der Waals surface area contributed by atoms with Crippen molar-refractivity contribution < 1.29 is 14.4 Å². The molecule has 1 aromatic heterocycles. The van der Waals surface area contributed by atoms with Crippen LogP contribution in [0, 0.1) is 5.92 Å². The minimum atomic E-state index is -0.910. The van der Waals surface area contributed by atoms with Crippen LogP contribution in [0.2, 0.25) is 5.02 Å². The summed E-state index contributed by atoms with van der Waals surface area (Å²) in [7, 11) is 1.83. The monoisotopic (exact) mass is 415 g/mol. The molecule has 2 aromatic rings. The van der Waals surface area contributed by atoms with Crippen LogP contribution in [-0.4, -0.2) is 44.4 Å². The number of aromatic nitrogens is 2. The van der Waals surface area contributed by atoms with Gasteiger partial charge in [0.1, 0.15) is 23.9 Å². The molecule has 0 spiro atoms. The highest BCUT2D eigenvalue weighted by molar-refractivity contribution is 6.30. The van der Waals surface area contributed by atoms with Gasteiger partial charge in [0.2, 0.25) is 5.91 Å². The second-order valence-electron chi connectivity index (χ2n) is 7.75. The van der Waals surface area contributed by atoms with Gasteiger partial charge in [-0.2, -0.15) is 0 Å². The Bertz CT molecular complexity index is 969.